The first-order valence-electron chi connectivity index (χ1n) is 5.47. The third-order valence-corrected chi connectivity index (χ3v) is 4.06. The first kappa shape index (κ1) is 15.5. The first-order chi connectivity index (χ1) is 8.81. The SMILES string of the molecule is CC[C@H](CO)NS(=O)(=O)c1ccc(C(=O)O)cc1F. The number of benzene rings is 1. The van der Waals surface area contributed by atoms with Crippen LogP contribution in [-0.2, 0) is 10.0 Å². The molecule has 6 nitrogen and oxygen atoms in total. The van der Waals surface area contributed by atoms with Gasteiger partial charge in [-0.2, -0.15) is 0 Å². The molecular weight excluding hydrogens is 277 g/mol. The molecule has 19 heavy (non-hydrogen) atoms. The molecule has 1 aromatic rings. The van der Waals surface area contributed by atoms with Crippen LogP contribution in [0, 0.1) is 5.82 Å². The minimum atomic E-state index is -4.13. The van der Waals surface area contributed by atoms with Crippen LogP contribution in [0.4, 0.5) is 4.39 Å². The van der Waals surface area contributed by atoms with Gasteiger partial charge in [0, 0.05) is 6.04 Å². The van der Waals surface area contributed by atoms with Gasteiger partial charge in [0.1, 0.15) is 10.7 Å². The molecule has 0 spiro atoms. The summed E-state index contributed by atoms with van der Waals surface area (Å²) in [4.78, 5) is 9.97. The lowest BCUT2D eigenvalue weighted by molar-refractivity contribution is 0.0696. The third kappa shape index (κ3) is 3.72. The van der Waals surface area contributed by atoms with Crippen LogP contribution in [0.5, 0.6) is 0 Å². The van der Waals surface area contributed by atoms with Crippen molar-refractivity contribution >= 4 is 16.0 Å². The lowest BCUT2D eigenvalue weighted by Crippen LogP contribution is -2.37. The lowest BCUT2D eigenvalue weighted by atomic mass is 10.2. The van der Waals surface area contributed by atoms with E-state index in [-0.39, 0.29) is 5.56 Å². The number of aromatic carboxylic acids is 1. The summed E-state index contributed by atoms with van der Waals surface area (Å²) >= 11 is 0. The van der Waals surface area contributed by atoms with Gasteiger partial charge in [-0.3, -0.25) is 0 Å². The number of carboxylic acids is 1. The molecule has 0 aliphatic heterocycles. The van der Waals surface area contributed by atoms with Gasteiger partial charge in [-0.15, -0.1) is 0 Å². The highest BCUT2D eigenvalue weighted by atomic mass is 32.2. The summed E-state index contributed by atoms with van der Waals surface area (Å²) in [5.41, 5.74) is -0.342. The molecule has 0 saturated carbocycles. The van der Waals surface area contributed by atoms with E-state index in [1.54, 1.807) is 6.92 Å². The third-order valence-electron chi connectivity index (χ3n) is 2.50. The Kier molecular flexibility index (Phi) is 4.98. The molecule has 0 aliphatic carbocycles. The van der Waals surface area contributed by atoms with Crippen molar-refractivity contribution in [1.29, 1.82) is 0 Å². The summed E-state index contributed by atoms with van der Waals surface area (Å²) in [6.07, 6.45) is 0.338. The number of aliphatic hydroxyl groups is 1. The van der Waals surface area contributed by atoms with Gasteiger partial charge < -0.3 is 10.2 Å². The van der Waals surface area contributed by atoms with Crippen molar-refractivity contribution in [3.05, 3.63) is 29.6 Å². The van der Waals surface area contributed by atoms with E-state index in [1.165, 1.54) is 0 Å². The van der Waals surface area contributed by atoms with Gasteiger partial charge in [0.25, 0.3) is 0 Å². The van der Waals surface area contributed by atoms with Crippen molar-refractivity contribution in [2.75, 3.05) is 6.61 Å². The summed E-state index contributed by atoms with van der Waals surface area (Å²) in [5, 5.41) is 17.6. The van der Waals surface area contributed by atoms with Gasteiger partial charge in [-0.25, -0.2) is 22.3 Å². The van der Waals surface area contributed by atoms with E-state index in [9.17, 15) is 17.6 Å². The lowest BCUT2D eigenvalue weighted by Gasteiger charge is -2.14. The summed E-state index contributed by atoms with van der Waals surface area (Å²) in [6, 6.07) is 1.80. The van der Waals surface area contributed by atoms with E-state index in [2.05, 4.69) is 4.72 Å². The van der Waals surface area contributed by atoms with Gasteiger partial charge in [-0.1, -0.05) is 6.92 Å². The second kappa shape index (κ2) is 6.09. The predicted octanol–water partition coefficient (Wildman–Crippen LogP) is 0.573. The maximum atomic E-state index is 13.6. The zero-order valence-corrected chi connectivity index (χ0v) is 10.9. The molecule has 0 saturated heterocycles. The Bertz CT molecular complexity index is 568. The first-order valence-corrected chi connectivity index (χ1v) is 6.96. The van der Waals surface area contributed by atoms with Crippen LogP contribution in [0.15, 0.2) is 23.1 Å². The monoisotopic (exact) mass is 291 g/mol. The zero-order valence-electron chi connectivity index (χ0n) is 10.1. The highest BCUT2D eigenvalue weighted by Gasteiger charge is 2.23. The van der Waals surface area contributed by atoms with Gasteiger partial charge >= 0.3 is 5.97 Å². The summed E-state index contributed by atoms with van der Waals surface area (Å²) in [7, 11) is -4.13. The second-order valence-electron chi connectivity index (χ2n) is 3.86. The molecule has 106 valence electrons. The minimum absolute atomic E-state index is 0.338. The fourth-order valence-corrected chi connectivity index (χ4v) is 2.75. The Balaban J connectivity index is 3.12. The maximum Gasteiger partial charge on any atom is 0.335 e. The van der Waals surface area contributed by atoms with Crippen molar-refractivity contribution in [2.45, 2.75) is 24.3 Å². The molecule has 1 aromatic carbocycles. The molecular formula is C11H14FNO5S. The number of hydrogen-bond acceptors (Lipinski definition) is 4. The van der Waals surface area contributed by atoms with Crippen LogP contribution in [0.25, 0.3) is 0 Å². The molecule has 1 atom stereocenters. The molecule has 1 rings (SSSR count). The van der Waals surface area contributed by atoms with Crippen LogP contribution >= 0.6 is 0 Å². The molecule has 8 heteroatoms. The van der Waals surface area contributed by atoms with E-state index < -0.39 is 39.4 Å². The second-order valence-corrected chi connectivity index (χ2v) is 5.54. The van der Waals surface area contributed by atoms with Crippen molar-refractivity contribution in [2.24, 2.45) is 0 Å². The maximum absolute atomic E-state index is 13.6. The van der Waals surface area contributed by atoms with Gasteiger partial charge in [0.15, 0.2) is 0 Å². The standard InChI is InChI=1S/C11H14FNO5S/c1-2-8(6-14)13-19(17,18)10-4-3-7(11(15)16)5-9(10)12/h3-5,8,13-14H,2,6H2,1H3,(H,15,16)/t8-/m1/s1. The fraction of sp³-hybridized carbons (Fsp3) is 0.364. The Morgan fingerprint density at radius 1 is 1.47 bits per heavy atom. The minimum Gasteiger partial charge on any atom is -0.478 e. The van der Waals surface area contributed by atoms with E-state index >= 15 is 0 Å². The van der Waals surface area contributed by atoms with Crippen LogP contribution in [0.2, 0.25) is 0 Å². The number of halogens is 1. The highest BCUT2D eigenvalue weighted by Crippen LogP contribution is 2.16. The Morgan fingerprint density at radius 3 is 2.53 bits per heavy atom. The van der Waals surface area contributed by atoms with Crippen LogP contribution in [0.3, 0.4) is 0 Å². The van der Waals surface area contributed by atoms with Gasteiger partial charge in [0.05, 0.1) is 12.2 Å². The van der Waals surface area contributed by atoms with Gasteiger partial charge in [0.2, 0.25) is 10.0 Å². The molecule has 0 amide bonds. The molecule has 0 aromatic heterocycles. The van der Waals surface area contributed by atoms with Crippen LogP contribution in [-0.4, -0.2) is 37.2 Å². The predicted molar refractivity (Wildman–Crippen MR) is 64.8 cm³/mol. The quantitative estimate of drug-likeness (QED) is 0.711. The molecule has 0 fully saturated rings. The number of nitrogens with one attached hydrogen (secondary N) is 1. The van der Waals surface area contributed by atoms with Crippen molar-refractivity contribution in [3.63, 3.8) is 0 Å². The van der Waals surface area contributed by atoms with Crippen molar-refractivity contribution < 1.29 is 27.8 Å². The number of hydrogen-bond donors (Lipinski definition) is 3. The fourth-order valence-electron chi connectivity index (χ4n) is 1.38. The topological polar surface area (TPSA) is 104 Å². The number of rotatable bonds is 6. The number of sulfonamides is 1. The Hall–Kier alpha value is -1.51. The van der Waals surface area contributed by atoms with E-state index in [1.807, 2.05) is 0 Å². The summed E-state index contributed by atoms with van der Waals surface area (Å²) in [6.45, 7) is 1.25. The molecule has 0 bridgehead atoms. The molecule has 0 unspecified atom stereocenters. The molecule has 0 heterocycles. The smallest absolute Gasteiger partial charge is 0.335 e. The Labute approximate surface area is 109 Å². The van der Waals surface area contributed by atoms with Crippen LogP contribution < -0.4 is 4.72 Å². The number of carboxylic acid groups (broad SMARTS) is 1. The van der Waals surface area contributed by atoms with Crippen molar-refractivity contribution in [1.82, 2.24) is 4.72 Å². The Morgan fingerprint density at radius 2 is 2.11 bits per heavy atom. The molecule has 0 aliphatic rings. The van der Waals surface area contributed by atoms with E-state index in [0.29, 0.717) is 12.5 Å². The average molecular weight is 291 g/mol. The van der Waals surface area contributed by atoms with E-state index in [0.717, 1.165) is 12.1 Å². The van der Waals surface area contributed by atoms with Gasteiger partial charge in [-0.05, 0) is 24.6 Å². The highest BCUT2D eigenvalue weighted by molar-refractivity contribution is 7.89. The largest absolute Gasteiger partial charge is 0.478 e. The normalized spacial score (nSPS) is 13.2. The zero-order chi connectivity index (χ0) is 14.6. The number of carbonyl (C=O) groups is 1. The molecule has 0 radical (unpaired) electrons. The average Bonchev–Trinajstić information content (AvgIpc) is 2.35. The summed E-state index contributed by atoms with van der Waals surface area (Å²) < 4.78 is 39.5. The summed E-state index contributed by atoms with van der Waals surface area (Å²) in [5.74, 6) is -2.50. The van der Waals surface area contributed by atoms with Crippen molar-refractivity contribution in [3.8, 4) is 0 Å². The molecule has 3 N–H and O–H groups in total. The number of aliphatic hydroxyl groups excluding tert-OH is 1. The van der Waals surface area contributed by atoms with Crippen LogP contribution in [0.1, 0.15) is 23.7 Å². The van der Waals surface area contributed by atoms with E-state index in [4.69, 9.17) is 10.2 Å².